The van der Waals surface area contributed by atoms with Gasteiger partial charge in [0.05, 0.1) is 16.6 Å². The SMILES string of the molecule is FC(F)(F)c1ccc2nc(-c3ccc(-c4cccc(CNCCN5CCNCC5)c4)cc3)[nH]c2c1. The fourth-order valence-electron chi connectivity index (χ4n) is 4.41. The first-order chi connectivity index (χ1) is 17.0. The van der Waals surface area contributed by atoms with E-state index < -0.39 is 11.7 Å². The molecule has 0 unspecified atom stereocenters. The second kappa shape index (κ2) is 10.2. The maximum atomic E-state index is 13.0. The molecule has 35 heavy (non-hydrogen) atoms. The largest absolute Gasteiger partial charge is 0.416 e. The molecule has 1 saturated heterocycles. The van der Waals surface area contributed by atoms with Crippen molar-refractivity contribution in [3.05, 3.63) is 77.9 Å². The predicted octanol–water partition coefficient (Wildman–Crippen LogP) is 4.91. The lowest BCUT2D eigenvalue weighted by molar-refractivity contribution is -0.137. The van der Waals surface area contributed by atoms with Crippen LogP contribution in [0.1, 0.15) is 11.1 Å². The van der Waals surface area contributed by atoms with Crippen LogP contribution < -0.4 is 10.6 Å². The van der Waals surface area contributed by atoms with Crippen molar-refractivity contribution in [2.24, 2.45) is 0 Å². The topological polar surface area (TPSA) is 56.0 Å². The second-order valence-electron chi connectivity index (χ2n) is 8.86. The van der Waals surface area contributed by atoms with Crippen molar-refractivity contribution in [3.63, 3.8) is 0 Å². The van der Waals surface area contributed by atoms with Gasteiger partial charge in [-0.15, -0.1) is 0 Å². The van der Waals surface area contributed by atoms with Gasteiger partial charge in [-0.3, -0.25) is 4.90 Å². The minimum absolute atomic E-state index is 0.371. The van der Waals surface area contributed by atoms with Crippen molar-refractivity contribution in [2.45, 2.75) is 12.7 Å². The van der Waals surface area contributed by atoms with Crippen LogP contribution in [0.4, 0.5) is 13.2 Å². The molecule has 4 aromatic rings. The Morgan fingerprint density at radius 1 is 0.886 bits per heavy atom. The molecular weight excluding hydrogens is 451 g/mol. The van der Waals surface area contributed by atoms with E-state index in [1.165, 1.54) is 11.6 Å². The van der Waals surface area contributed by atoms with Crippen molar-refractivity contribution in [1.29, 1.82) is 0 Å². The number of rotatable bonds is 7. The average molecular weight is 480 g/mol. The number of piperazine rings is 1. The number of aromatic nitrogens is 2. The molecule has 8 heteroatoms. The van der Waals surface area contributed by atoms with E-state index in [0.717, 1.165) is 74.6 Å². The van der Waals surface area contributed by atoms with Crippen molar-refractivity contribution in [3.8, 4) is 22.5 Å². The van der Waals surface area contributed by atoms with E-state index in [9.17, 15) is 13.2 Å². The third kappa shape index (κ3) is 5.73. The summed E-state index contributed by atoms with van der Waals surface area (Å²) >= 11 is 0. The molecule has 3 N–H and O–H groups in total. The minimum atomic E-state index is -4.38. The van der Waals surface area contributed by atoms with Crippen molar-refractivity contribution < 1.29 is 13.2 Å². The van der Waals surface area contributed by atoms with Crippen LogP contribution in [0, 0.1) is 0 Å². The van der Waals surface area contributed by atoms with Crippen molar-refractivity contribution in [1.82, 2.24) is 25.5 Å². The number of halogens is 3. The lowest BCUT2D eigenvalue weighted by Gasteiger charge is -2.27. The number of alkyl halides is 3. The highest BCUT2D eigenvalue weighted by atomic mass is 19.4. The first kappa shape index (κ1) is 23.5. The van der Waals surface area contributed by atoms with Crippen LogP contribution in [0.2, 0.25) is 0 Å². The average Bonchev–Trinajstić information content (AvgIpc) is 3.31. The van der Waals surface area contributed by atoms with Crippen molar-refractivity contribution >= 4 is 11.0 Å². The molecule has 5 rings (SSSR count). The predicted molar refractivity (Wildman–Crippen MR) is 133 cm³/mol. The van der Waals surface area contributed by atoms with Crippen LogP contribution in [0.15, 0.2) is 66.7 Å². The summed E-state index contributed by atoms with van der Waals surface area (Å²) in [7, 11) is 0. The lowest BCUT2D eigenvalue weighted by Crippen LogP contribution is -2.45. The Labute approximate surface area is 202 Å². The number of aromatic amines is 1. The number of hydrogen-bond donors (Lipinski definition) is 3. The van der Waals surface area contributed by atoms with Crippen LogP contribution in [0.25, 0.3) is 33.5 Å². The zero-order valence-electron chi connectivity index (χ0n) is 19.3. The van der Waals surface area contributed by atoms with Gasteiger partial charge in [-0.05, 0) is 41.0 Å². The first-order valence-electron chi connectivity index (χ1n) is 11.9. The van der Waals surface area contributed by atoms with Gasteiger partial charge in [0.1, 0.15) is 5.82 Å². The zero-order chi connectivity index (χ0) is 24.3. The maximum Gasteiger partial charge on any atom is 0.416 e. The van der Waals surface area contributed by atoms with Gasteiger partial charge in [0.25, 0.3) is 0 Å². The van der Waals surface area contributed by atoms with E-state index in [-0.39, 0.29) is 0 Å². The first-order valence-corrected chi connectivity index (χ1v) is 11.9. The minimum Gasteiger partial charge on any atom is -0.338 e. The normalized spacial score (nSPS) is 15.1. The highest BCUT2D eigenvalue weighted by Crippen LogP contribution is 2.32. The molecule has 1 aliphatic rings. The van der Waals surface area contributed by atoms with Crippen LogP contribution in [-0.4, -0.2) is 54.1 Å². The Kier molecular flexibility index (Phi) is 6.86. The summed E-state index contributed by atoms with van der Waals surface area (Å²) in [5, 5.41) is 6.91. The fourth-order valence-corrected chi connectivity index (χ4v) is 4.41. The van der Waals surface area contributed by atoms with Gasteiger partial charge in [-0.2, -0.15) is 13.2 Å². The quantitative estimate of drug-likeness (QED) is 0.330. The molecule has 5 nitrogen and oxygen atoms in total. The van der Waals surface area contributed by atoms with E-state index in [4.69, 9.17) is 0 Å². The molecule has 2 heterocycles. The third-order valence-electron chi connectivity index (χ3n) is 6.37. The summed E-state index contributed by atoms with van der Waals surface area (Å²) in [6.07, 6.45) is -4.38. The van der Waals surface area contributed by atoms with Crippen LogP contribution in [0.5, 0.6) is 0 Å². The van der Waals surface area contributed by atoms with E-state index in [1.54, 1.807) is 0 Å². The van der Waals surface area contributed by atoms with Gasteiger partial charge >= 0.3 is 6.18 Å². The number of benzene rings is 3. The number of imidazole rings is 1. The summed E-state index contributed by atoms with van der Waals surface area (Å²) in [6.45, 7) is 7.18. The summed E-state index contributed by atoms with van der Waals surface area (Å²) in [5.74, 6) is 0.549. The molecule has 1 aliphatic heterocycles. The Balaban J connectivity index is 1.24. The molecule has 0 atom stereocenters. The van der Waals surface area contributed by atoms with E-state index in [2.05, 4.69) is 49.8 Å². The van der Waals surface area contributed by atoms with E-state index >= 15 is 0 Å². The number of nitrogens with one attached hydrogen (secondary N) is 3. The van der Waals surface area contributed by atoms with Crippen molar-refractivity contribution in [2.75, 3.05) is 39.3 Å². The Bertz CT molecular complexity index is 1270. The third-order valence-corrected chi connectivity index (χ3v) is 6.37. The molecule has 0 spiro atoms. The van der Waals surface area contributed by atoms with Crippen LogP contribution in [-0.2, 0) is 12.7 Å². The molecule has 0 amide bonds. The molecular formula is C27H28F3N5. The standard InChI is InChI=1S/C27H28F3N5/c28-27(29,30)23-8-9-24-25(17-23)34-26(33-24)21-6-4-20(5-7-21)22-3-1-2-19(16-22)18-32-12-15-35-13-10-31-11-14-35/h1-9,16-17,31-32H,10-15,18H2,(H,33,34). The Morgan fingerprint density at radius 2 is 1.66 bits per heavy atom. The Morgan fingerprint density at radius 3 is 2.43 bits per heavy atom. The smallest absolute Gasteiger partial charge is 0.338 e. The van der Waals surface area contributed by atoms with Crippen LogP contribution >= 0.6 is 0 Å². The molecule has 1 aromatic heterocycles. The number of nitrogens with zero attached hydrogens (tertiary/aromatic N) is 2. The van der Waals surface area contributed by atoms with Gasteiger partial charge in [0.2, 0.25) is 0 Å². The highest BCUT2D eigenvalue weighted by Gasteiger charge is 2.30. The van der Waals surface area contributed by atoms with Gasteiger partial charge in [0.15, 0.2) is 0 Å². The van der Waals surface area contributed by atoms with Crippen LogP contribution in [0.3, 0.4) is 0 Å². The van der Waals surface area contributed by atoms with Gasteiger partial charge in [0, 0.05) is 51.4 Å². The fraction of sp³-hybridized carbons (Fsp3) is 0.296. The molecule has 0 radical (unpaired) electrons. The summed E-state index contributed by atoms with van der Waals surface area (Å²) in [4.78, 5) is 9.95. The summed E-state index contributed by atoms with van der Waals surface area (Å²) in [6, 6.07) is 19.9. The van der Waals surface area contributed by atoms with Gasteiger partial charge < -0.3 is 15.6 Å². The maximum absolute atomic E-state index is 13.0. The summed E-state index contributed by atoms with van der Waals surface area (Å²) in [5.41, 5.74) is 4.44. The number of H-pyrrole nitrogens is 1. The summed E-state index contributed by atoms with van der Waals surface area (Å²) < 4.78 is 39.0. The molecule has 0 saturated carbocycles. The monoisotopic (exact) mass is 479 g/mol. The van der Waals surface area contributed by atoms with Gasteiger partial charge in [-0.1, -0.05) is 42.5 Å². The molecule has 182 valence electrons. The Hall–Kier alpha value is -3.20. The number of fused-ring (bicyclic) bond motifs is 1. The lowest BCUT2D eigenvalue weighted by atomic mass is 10.0. The molecule has 3 aromatic carbocycles. The molecule has 0 aliphatic carbocycles. The molecule has 0 bridgehead atoms. The second-order valence-corrected chi connectivity index (χ2v) is 8.86. The highest BCUT2D eigenvalue weighted by molar-refractivity contribution is 5.80. The zero-order valence-corrected chi connectivity index (χ0v) is 19.3. The van der Waals surface area contributed by atoms with E-state index in [0.29, 0.717) is 16.9 Å². The number of hydrogen-bond acceptors (Lipinski definition) is 4. The van der Waals surface area contributed by atoms with Gasteiger partial charge in [-0.25, -0.2) is 4.98 Å². The molecule has 1 fully saturated rings. The van der Waals surface area contributed by atoms with E-state index in [1.807, 2.05) is 24.3 Å².